The quantitative estimate of drug-likeness (QED) is 0.428. The summed E-state index contributed by atoms with van der Waals surface area (Å²) < 4.78 is 43.0. The highest BCUT2D eigenvalue weighted by Crippen LogP contribution is 2.33. The minimum atomic E-state index is -4.27. The van der Waals surface area contributed by atoms with Gasteiger partial charge in [-0.2, -0.15) is 13.2 Å². The zero-order valence-electron chi connectivity index (χ0n) is 12.2. The maximum absolute atomic E-state index is 12.5. The van der Waals surface area contributed by atoms with Crippen LogP contribution in [-0.4, -0.2) is 44.2 Å². The van der Waals surface area contributed by atoms with E-state index in [-0.39, 0.29) is 24.0 Å². The van der Waals surface area contributed by atoms with Crippen molar-refractivity contribution < 1.29 is 17.9 Å². The Hall–Kier alpha value is -0.550. The molecule has 0 saturated carbocycles. The van der Waals surface area contributed by atoms with Gasteiger partial charge in [0.05, 0.1) is 6.61 Å². The Morgan fingerprint density at radius 1 is 1.41 bits per heavy atom. The van der Waals surface area contributed by atoms with Gasteiger partial charge in [0.15, 0.2) is 5.96 Å². The van der Waals surface area contributed by atoms with Crippen molar-refractivity contribution in [1.29, 1.82) is 0 Å². The fourth-order valence-corrected chi connectivity index (χ4v) is 2.87. The van der Waals surface area contributed by atoms with E-state index >= 15 is 0 Å². The van der Waals surface area contributed by atoms with E-state index < -0.39 is 11.1 Å². The second kappa shape index (κ2) is 8.92. The maximum Gasteiger partial charge on any atom is 0.425 e. The number of nitrogens with one attached hydrogen (secondary N) is 1. The Labute approximate surface area is 148 Å². The lowest BCUT2D eigenvalue weighted by Gasteiger charge is -2.24. The predicted molar refractivity (Wildman–Crippen MR) is 91.9 cm³/mol. The lowest BCUT2D eigenvalue weighted by molar-refractivity contribution is -0.134. The highest BCUT2D eigenvalue weighted by Gasteiger charge is 2.32. The number of guanidine groups is 1. The summed E-state index contributed by atoms with van der Waals surface area (Å²) in [5.41, 5.74) is 0.611. The van der Waals surface area contributed by atoms with Crippen LogP contribution in [0.1, 0.15) is 16.9 Å². The van der Waals surface area contributed by atoms with Gasteiger partial charge >= 0.3 is 6.18 Å². The van der Waals surface area contributed by atoms with Crippen molar-refractivity contribution in [3.8, 4) is 0 Å². The maximum atomic E-state index is 12.5. The lowest BCUT2D eigenvalue weighted by atomic mass is 10.3. The largest absolute Gasteiger partial charge is 0.425 e. The molecule has 2 rings (SSSR count). The van der Waals surface area contributed by atoms with Crippen LogP contribution in [0.4, 0.5) is 13.2 Å². The van der Waals surface area contributed by atoms with E-state index in [9.17, 15) is 13.2 Å². The number of aliphatic imine (C=N–C) groups is 1. The van der Waals surface area contributed by atoms with Crippen molar-refractivity contribution >= 4 is 41.3 Å². The summed E-state index contributed by atoms with van der Waals surface area (Å²) in [6, 6.07) is 1.18. The molecule has 0 radical (unpaired) electrons. The molecule has 0 atom stereocenters. The molecule has 0 unspecified atom stereocenters. The van der Waals surface area contributed by atoms with Crippen LogP contribution in [0.25, 0.3) is 0 Å². The Kier molecular flexibility index (Phi) is 7.90. The summed E-state index contributed by atoms with van der Waals surface area (Å²) in [6.45, 7) is 3.26. The van der Waals surface area contributed by atoms with Gasteiger partial charge < -0.3 is 15.0 Å². The number of hydrogen-bond donors (Lipinski definition) is 1. The summed E-state index contributed by atoms with van der Waals surface area (Å²) in [4.78, 5) is 5.67. The molecule has 0 aromatic carbocycles. The molecule has 126 valence electrons. The topological polar surface area (TPSA) is 36.9 Å². The molecular weight excluding hydrogens is 430 g/mol. The number of nitrogens with zero attached hydrogens (tertiary/aromatic N) is 2. The van der Waals surface area contributed by atoms with Gasteiger partial charge in [-0.15, -0.1) is 35.3 Å². The second-order valence-corrected chi connectivity index (χ2v) is 5.58. The molecule has 1 aliphatic heterocycles. The van der Waals surface area contributed by atoms with Crippen LogP contribution in [0.2, 0.25) is 0 Å². The van der Waals surface area contributed by atoms with Crippen LogP contribution in [0, 0.1) is 0 Å². The highest BCUT2D eigenvalue weighted by atomic mass is 127. The molecular formula is C13H19F3IN3OS. The van der Waals surface area contributed by atoms with Crippen LogP contribution >= 0.6 is 35.3 Å². The summed E-state index contributed by atoms with van der Waals surface area (Å²) in [7, 11) is 1.67. The smallest absolute Gasteiger partial charge is 0.380 e. The Morgan fingerprint density at radius 3 is 2.82 bits per heavy atom. The normalized spacial score (nSPS) is 16.9. The molecule has 0 bridgehead atoms. The molecule has 1 fully saturated rings. The van der Waals surface area contributed by atoms with E-state index in [2.05, 4.69) is 15.2 Å². The van der Waals surface area contributed by atoms with Crippen LogP contribution in [0.5, 0.6) is 0 Å². The molecule has 1 aromatic heterocycles. The van der Waals surface area contributed by atoms with Gasteiger partial charge in [-0.1, -0.05) is 0 Å². The third-order valence-electron chi connectivity index (χ3n) is 3.12. The Morgan fingerprint density at radius 2 is 2.18 bits per heavy atom. The molecule has 0 aliphatic carbocycles. The number of rotatable bonds is 2. The summed E-state index contributed by atoms with van der Waals surface area (Å²) in [6.07, 6.45) is -3.36. The van der Waals surface area contributed by atoms with Crippen LogP contribution in [-0.2, 0) is 17.5 Å². The molecule has 9 heteroatoms. The van der Waals surface area contributed by atoms with Gasteiger partial charge in [-0.3, -0.25) is 4.99 Å². The molecule has 1 N–H and O–H groups in total. The first-order chi connectivity index (χ1) is 10.0. The molecule has 0 amide bonds. The summed E-state index contributed by atoms with van der Waals surface area (Å²) in [5, 5.41) is 4.63. The Bertz CT molecular complexity index is 485. The SMILES string of the molecule is CN=C(NCc1csc(C(F)(F)F)c1)N1CCCOCC1.I. The first kappa shape index (κ1) is 19.5. The van der Waals surface area contributed by atoms with Gasteiger partial charge in [-0.05, 0) is 23.4 Å². The monoisotopic (exact) mass is 449 g/mol. The highest BCUT2D eigenvalue weighted by molar-refractivity contribution is 14.0. The fourth-order valence-electron chi connectivity index (χ4n) is 2.09. The summed E-state index contributed by atoms with van der Waals surface area (Å²) >= 11 is 0.716. The number of hydrogen-bond acceptors (Lipinski definition) is 3. The number of thiophene rings is 1. The van der Waals surface area contributed by atoms with Crippen LogP contribution in [0.3, 0.4) is 0 Å². The molecule has 4 nitrogen and oxygen atoms in total. The second-order valence-electron chi connectivity index (χ2n) is 4.67. The van der Waals surface area contributed by atoms with E-state index in [1.807, 2.05) is 0 Å². The van der Waals surface area contributed by atoms with Crippen LogP contribution in [0.15, 0.2) is 16.4 Å². The standard InChI is InChI=1S/C13H18F3N3OS.HI/c1-17-12(19-3-2-5-20-6-4-19)18-8-10-7-11(21-9-10)13(14,15)16;/h7,9H,2-6,8H2,1H3,(H,17,18);1H. The molecule has 1 aliphatic rings. The fraction of sp³-hybridized carbons (Fsp3) is 0.615. The third-order valence-corrected chi connectivity index (χ3v) is 4.14. The van der Waals surface area contributed by atoms with E-state index in [4.69, 9.17) is 4.74 Å². The van der Waals surface area contributed by atoms with Gasteiger partial charge in [0.25, 0.3) is 0 Å². The number of alkyl halides is 3. The molecule has 2 heterocycles. The van der Waals surface area contributed by atoms with Gasteiger partial charge in [0.2, 0.25) is 0 Å². The molecule has 1 aromatic rings. The molecule has 1 saturated heterocycles. The van der Waals surface area contributed by atoms with Gasteiger partial charge in [-0.25, -0.2) is 0 Å². The van der Waals surface area contributed by atoms with Gasteiger partial charge in [0, 0.05) is 33.3 Å². The molecule has 0 spiro atoms. The minimum absolute atomic E-state index is 0. The third kappa shape index (κ3) is 5.58. The van der Waals surface area contributed by atoms with E-state index in [0.717, 1.165) is 26.1 Å². The molecule has 22 heavy (non-hydrogen) atoms. The minimum Gasteiger partial charge on any atom is -0.380 e. The van der Waals surface area contributed by atoms with E-state index in [1.165, 1.54) is 11.4 Å². The number of ether oxygens (including phenoxy) is 1. The predicted octanol–water partition coefficient (Wildman–Crippen LogP) is 3.18. The number of halogens is 4. The van der Waals surface area contributed by atoms with Crippen molar-refractivity contribution in [1.82, 2.24) is 10.2 Å². The zero-order valence-corrected chi connectivity index (χ0v) is 15.3. The Balaban J connectivity index is 0.00000242. The van der Waals surface area contributed by atoms with Crippen molar-refractivity contribution in [2.24, 2.45) is 4.99 Å². The average Bonchev–Trinajstić information content (AvgIpc) is 2.76. The summed E-state index contributed by atoms with van der Waals surface area (Å²) in [5.74, 6) is 0.695. The van der Waals surface area contributed by atoms with E-state index in [0.29, 0.717) is 36.0 Å². The zero-order chi connectivity index (χ0) is 15.3. The average molecular weight is 449 g/mol. The first-order valence-electron chi connectivity index (χ1n) is 6.68. The van der Waals surface area contributed by atoms with Crippen LogP contribution < -0.4 is 5.32 Å². The first-order valence-corrected chi connectivity index (χ1v) is 7.56. The van der Waals surface area contributed by atoms with Gasteiger partial charge in [0.1, 0.15) is 4.88 Å². The van der Waals surface area contributed by atoms with E-state index in [1.54, 1.807) is 7.05 Å². The van der Waals surface area contributed by atoms with Crippen molar-refractivity contribution in [3.05, 3.63) is 21.9 Å². The van der Waals surface area contributed by atoms with Crippen molar-refractivity contribution in [3.63, 3.8) is 0 Å². The van der Waals surface area contributed by atoms with Crippen molar-refractivity contribution in [2.75, 3.05) is 33.4 Å². The lowest BCUT2D eigenvalue weighted by Crippen LogP contribution is -2.42. The van der Waals surface area contributed by atoms with Crippen molar-refractivity contribution in [2.45, 2.75) is 19.1 Å².